The van der Waals surface area contributed by atoms with Crippen LogP contribution in [0.15, 0.2) is 30.5 Å². The Morgan fingerprint density at radius 1 is 1.30 bits per heavy atom. The van der Waals surface area contributed by atoms with Gasteiger partial charge in [-0.3, -0.25) is 14.8 Å². The molecular formula is C21H27FN4O. The van der Waals surface area contributed by atoms with Crippen LogP contribution in [0.5, 0.6) is 0 Å². The molecule has 2 aliphatic heterocycles. The number of hydrogen-bond acceptors (Lipinski definition) is 3. The van der Waals surface area contributed by atoms with Gasteiger partial charge in [-0.05, 0) is 42.5 Å². The highest BCUT2D eigenvalue weighted by molar-refractivity contribution is 5.77. The van der Waals surface area contributed by atoms with E-state index in [1.54, 1.807) is 12.1 Å². The Bertz CT molecular complexity index is 801. The lowest BCUT2D eigenvalue weighted by Gasteiger charge is -2.25. The number of H-pyrrole nitrogens is 1. The summed E-state index contributed by atoms with van der Waals surface area (Å²) < 4.78 is 13.2. The maximum Gasteiger partial charge on any atom is 0.223 e. The summed E-state index contributed by atoms with van der Waals surface area (Å²) in [4.78, 5) is 17.1. The van der Waals surface area contributed by atoms with Crippen molar-refractivity contribution in [1.29, 1.82) is 0 Å². The van der Waals surface area contributed by atoms with E-state index in [1.807, 2.05) is 6.20 Å². The molecule has 0 saturated carbocycles. The van der Waals surface area contributed by atoms with Crippen LogP contribution in [0.25, 0.3) is 11.3 Å². The molecule has 4 rings (SSSR count). The average Bonchev–Trinajstić information content (AvgIpc) is 3.31. The first-order chi connectivity index (χ1) is 13.0. The van der Waals surface area contributed by atoms with Gasteiger partial charge in [0, 0.05) is 49.8 Å². The first-order valence-corrected chi connectivity index (χ1v) is 9.81. The fourth-order valence-corrected chi connectivity index (χ4v) is 4.49. The summed E-state index contributed by atoms with van der Waals surface area (Å²) in [7, 11) is 0. The van der Waals surface area contributed by atoms with Crippen LogP contribution in [0.2, 0.25) is 0 Å². The SMILES string of the molecule is CC(C)CC(=O)N1CC[C@H]2CN(Cc3cn[nH]c3-c3ccc(F)cc3)C[C@H]21. The van der Waals surface area contributed by atoms with Gasteiger partial charge in [-0.1, -0.05) is 13.8 Å². The molecule has 1 aromatic heterocycles. The van der Waals surface area contributed by atoms with E-state index in [0.29, 0.717) is 30.2 Å². The monoisotopic (exact) mass is 370 g/mol. The van der Waals surface area contributed by atoms with Gasteiger partial charge in [0.15, 0.2) is 0 Å². The number of likely N-dealkylation sites (tertiary alicyclic amines) is 2. The number of fused-ring (bicyclic) bond motifs is 1. The molecule has 2 fully saturated rings. The molecule has 5 nitrogen and oxygen atoms in total. The van der Waals surface area contributed by atoms with E-state index < -0.39 is 0 Å². The molecule has 144 valence electrons. The van der Waals surface area contributed by atoms with Crippen LogP contribution >= 0.6 is 0 Å². The fraction of sp³-hybridized carbons (Fsp3) is 0.524. The van der Waals surface area contributed by atoms with Crippen LogP contribution < -0.4 is 0 Å². The number of amides is 1. The molecule has 27 heavy (non-hydrogen) atoms. The summed E-state index contributed by atoms with van der Waals surface area (Å²) in [5, 5.41) is 7.25. The highest BCUT2D eigenvalue weighted by Gasteiger charge is 2.43. The Hall–Kier alpha value is -2.21. The molecule has 1 amide bonds. The Morgan fingerprint density at radius 2 is 2.07 bits per heavy atom. The lowest BCUT2D eigenvalue weighted by molar-refractivity contribution is -0.132. The van der Waals surface area contributed by atoms with Gasteiger partial charge >= 0.3 is 0 Å². The number of carbonyl (C=O) groups is 1. The minimum absolute atomic E-state index is 0.238. The van der Waals surface area contributed by atoms with E-state index in [1.165, 1.54) is 12.1 Å². The van der Waals surface area contributed by atoms with Gasteiger partial charge in [-0.2, -0.15) is 5.10 Å². The molecule has 1 N–H and O–H groups in total. The van der Waals surface area contributed by atoms with Gasteiger partial charge in [0.1, 0.15) is 5.82 Å². The number of rotatable bonds is 5. The van der Waals surface area contributed by atoms with Gasteiger partial charge in [0.2, 0.25) is 5.91 Å². The van der Waals surface area contributed by atoms with Crippen molar-refractivity contribution in [3.8, 4) is 11.3 Å². The van der Waals surface area contributed by atoms with E-state index in [-0.39, 0.29) is 5.82 Å². The summed E-state index contributed by atoms with van der Waals surface area (Å²) in [5.74, 6) is 1.04. The van der Waals surface area contributed by atoms with Crippen molar-refractivity contribution in [2.75, 3.05) is 19.6 Å². The van der Waals surface area contributed by atoms with Crippen molar-refractivity contribution < 1.29 is 9.18 Å². The van der Waals surface area contributed by atoms with Crippen LogP contribution in [-0.4, -0.2) is 51.6 Å². The molecule has 0 spiro atoms. The number of carbonyl (C=O) groups excluding carboxylic acids is 1. The minimum atomic E-state index is -0.238. The van der Waals surface area contributed by atoms with Crippen molar-refractivity contribution in [2.24, 2.45) is 11.8 Å². The molecule has 1 aromatic carbocycles. The Kier molecular flexibility index (Phi) is 5.00. The third kappa shape index (κ3) is 3.76. The summed E-state index contributed by atoms with van der Waals surface area (Å²) in [5.41, 5.74) is 3.00. The zero-order valence-corrected chi connectivity index (χ0v) is 16.0. The largest absolute Gasteiger partial charge is 0.338 e. The average molecular weight is 370 g/mol. The second-order valence-electron chi connectivity index (χ2n) is 8.27. The predicted molar refractivity (Wildman–Crippen MR) is 102 cm³/mol. The van der Waals surface area contributed by atoms with E-state index in [0.717, 1.165) is 49.4 Å². The number of halogens is 1. The van der Waals surface area contributed by atoms with Gasteiger partial charge in [0.05, 0.1) is 11.9 Å². The number of benzene rings is 1. The molecule has 2 aliphatic rings. The Morgan fingerprint density at radius 3 is 2.81 bits per heavy atom. The van der Waals surface area contributed by atoms with Crippen molar-refractivity contribution >= 4 is 5.91 Å². The topological polar surface area (TPSA) is 52.2 Å². The maximum absolute atomic E-state index is 13.2. The number of nitrogens with one attached hydrogen (secondary N) is 1. The lowest BCUT2D eigenvalue weighted by atomic mass is 10.0. The zero-order chi connectivity index (χ0) is 19.0. The summed E-state index contributed by atoms with van der Waals surface area (Å²) in [6.45, 7) is 7.83. The second kappa shape index (κ2) is 7.43. The molecule has 3 heterocycles. The van der Waals surface area contributed by atoms with E-state index in [2.05, 4.69) is 33.8 Å². The standard InChI is InChI=1S/C21H27FN4O/c1-14(2)9-20(27)26-8-7-16-11-25(13-19(16)26)12-17-10-23-24-21(17)15-3-5-18(22)6-4-15/h3-6,10,14,16,19H,7-9,11-13H2,1-2H3,(H,23,24)/t16-,19+/m0/s1. The summed E-state index contributed by atoms with van der Waals surface area (Å²) in [6.07, 6.45) is 3.59. The van der Waals surface area contributed by atoms with Gasteiger partial charge in [-0.25, -0.2) is 4.39 Å². The number of aromatic nitrogens is 2. The Balaban J connectivity index is 1.43. The summed E-state index contributed by atoms with van der Waals surface area (Å²) in [6, 6.07) is 6.84. The van der Waals surface area contributed by atoms with Crippen molar-refractivity contribution in [2.45, 2.75) is 39.3 Å². The van der Waals surface area contributed by atoms with Crippen molar-refractivity contribution in [3.63, 3.8) is 0 Å². The van der Waals surface area contributed by atoms with Crippen LogP contribution in [0.3, 0.4) is 0 Å². The molecule has 0 unspecified atom stereocenters. The van der Waals surface area contributed by atoms with E-state index in [4.69, 9.17) is 0 Å². The smallest absolute Gasteiger partial charge is 0.223 e. The molecular weight excluding hydrogens is 343 g/mol. The number of hydrogen-bond donors (Lipinski definition) is 1. The molecule has 2 aromatic rings. The highest BCUT2D eigenvalue weighted by Crippen LogP contribution is 2.34. The lowest BCUT2D eigenvalue weighted by Crippen LogP contribution is -2.40. The van der Waals surface area contributed by atoms with Gasteiger partial charge in [-0.15, -0.1) is 0 Å². The predicted octanol–water partition coefficient (Wildman–Crippen LogP) is 3.29. The zero-order valence-electron chi connectivity index (χ0n) is 16.0. The number of nitrogens with zero attached hydrogens (tertiary/aromatic N) is 3. The molecule has 2 saturated heterocycles. The minimum Gasteiger partial charge on any atom is -0.338 e. The quantitative estimate of drug-likeness (QED) is 0.879. The van der Waals surface area contributed by atoms with Crippen molar-refractivity contribution in [1.82, 2.24) is 20.0 Å². The Labute approximate surface area is 159 Å². The van der Waals surface area contributed by atoms with Crippen LogP contribution in [0.4, 0.5) is 4.39 Å². The van der Waals surface area contributed by atoms with Crippen LogP contribution in [-0.2, 0) is 11.3 Å². The van der Waals surface area contributed by atoms with E-state index >= 15 is 0 Å². The van der Waals surface area contributed by atoms with Crippen molar-refractivity contribution in [3.05, 3.63) is 41.8 Å². The van der Waals surface area contributed by atoms with Crippen LogP contribution in [0.1, 0.15) is 32.3 Å². The molecule has 0 radical (unpaired) electrons. The molecule has 6 heteroatoms. The molecule has 0 bridgehead atoms. The third-order valence-corrected chi connectivity index (χ3v) is 5.77. The first-order valence-electron chi connectivity index (χ1n) is 9.81. The van der Waals surface area contributed by atoms with Gasteiger partial charge in [0.25, 0.3) is 0 Å². The highest BCUT2D eigenvalue weighted by atomic mass is 19.1. The third-order valence-electron chi connectivity index (χ3n) is 5.77. The number of aromatic amines is 1. The van der Waals surface area contributed by atoms with Gasteiger partial charge < -0.3 is 4.90 Å². The normalized spacial score (nSPS) is 22.6. The summed E-state index contributed by atoms with van der Waals surface area (Å²) >= 11 is 0. The molecule has 0 aliphatic carbocycles. The molecule has 2 atom stereocenters. The second-order valence-corrected chi connectivity index (χ2v) is 8.27. The first kappa shape index (κ1) is 18.2. The fourth-order valence-electron chi connectivity index (χ4n) is 4.49. The maximum atomic E-state index is 13.2. The van der Waals surface area contributed by atoms with E-state index in [9.17, 15) is 9.18 Å². The van der Waals surface area contributed by atoms with Crippen LogP contribution in [0, 0.1) is 17.7 Å².